The molecular formula is C17H16N2O4S. The number of hydrogen-bond donors (Lipinski definition) is 1. The molecule has 0 bridgehead atoms. The topological polar surface area (TPSA) is 75.7 Å². The molecule has 1 fully saturated rings. The highest BCUT2D eigenvalue weighted by atomic mass is 32.1. The predicted molar refractivity (Wildman–Crippen MR) is 91.3 cm³/mol. The van der Waals surface area contributed by atoms with Gasteiger partial charge in [0.05, 0.1) is 5.56 Å². The number of ether oxygens (including phenoxy) is 1. The van der Waals surface area contributed by atoms with Gasteiger partial charge >= 0.3 is 5.97 Å². The Morgan fingerprint density at radius 3 is 2.62 bits per heavy atom. The standard InChI is InChI=1S/C17H16N2O4S/c20-15(10-23-17(22)12-7-9-24-11-12)18-13-3-5-14(6-4-13)19-8-1-2-16(19)21/h3-7,9,11H,1-2,8,10H2,(H,18,20). The molecule has 0 spiro atoms. The second kappa shape index (κ2) is 7.27. The normalized spacial score (nSPS) is 13.8. The zero-order valence-electron chi connectivity index (χ0n) is 12.9. The fourth-order valence-corrected chi connectivity index (χ4v) is 3.06. The predicted octanol–water partition coefficient (Wildman–Crippen LogP) is 2.67. The van der Waals surface area contributed by atoms with Crippen LogP contribution in [-0.2, 0) is 14.3 Å². The molecule has 0 saturated carbocycles. The van der Waals surface area contributed by atoms with Gasteiger partial charge in [0.2, 0.25) is 5.91 Å². The van der Waals surface area contributed by atoms with E-state index in [9.17, 15) is 14.4 Å². The van der Waals surface area contributed by atoms with Crippen molar-refractivity contribution in [3.8, 4) is 0 Å². The molecule has 1 N–H and O–H groups in total. The number of thiophene rings is 1. The number of nitrogens with one attached hydrogen (secondary N) is 1. The van der Waals surface area contributed by atoms with Gasteiger partial charge in [-0.2, -0.15) is 11.3 Å². The molecule has 0 aliphatic carbocycles. The van der Waals surface area contributed by atoms with E-state index in [0.717, 1.165) is 18.7 Å². The van der Waals surface area contributed by atoms with Crippen molar-refractivity contribution >= 4 is 40.5 Å². The van der Waals surface area contributed by atoms with E-state index in [2.05, 4.69) is 5.32 Å². The number of esters is 1. The minimum absolute atomic E-state index is 0.118. The van der Waals surface area contributed by atoms with Crippen LogP contribution in [0.4, 0.5) is 11.4 Å². The summed E-state index contributed by atoms with van der Waals surface area (Å²) in [7, 11) is 0. The van der Waals surface area contributed by atoms with Crippen molar-refractivity contribution in [3.05, 3.63) is 46.7 Å². The minimum atomic E-state index is -0.519. The lowest BCUT2D eigenvalue weighted by Gasteiger charge is -2.16. The summed E-state index contributed by atoms with van der Waals surface area (Å²) in [6, 6.07) is 8.66. The molecule has 2 heterocycles. The third-order valence-electron chi connectivity index (χ3n) is 3.63. The zero-order valence-corrected chi connectivity index (χ0v) is 13.7. The van der Waals surface area contributed by atoms with Gasteiger partial charge in [-0.05, 0) is 42.1 Å². The van der Waals surface area contributed by atoms with Gasteiger partial charge in [0.15, 0.2) is 6.61 Å². The van der Waals surface area contributed by atoms with Gasteiger partial charge in [0, 0.05) is 29.7 Å². The summed E-state index contributed by atoms with van der Waals surface area (Å²) in [5.74, 6) is -0.815. The SMILES string of the molecule is O=C(COC(=O)c1ccsc1)Nc1ccc(N2CCCC2=O)cc1. The molecular weight excluding hydrogens is 328 g/mol. The summed E-state index contributed by atoms with van der Waals surface area (Å²) in [6.45, 7) is 0.379. The zero-order chi connectivity index (χ0) is 16.9. The largest absolute Gasteiger partial charge is 0.452 e. The third kappa shape index (κ3) is 3.80. The summed E-state index contributed by atoms with van der Waals surface area (Å²) >= 11 is 1.39. The van der Waals surface area contributed by atoms with E-state index >= 15 is 0 Å². The number of hydrogen-bond acceptors (Lipinski definition) is 5. The molecule has 2 aromatic rings. The van der Waals surface area contributed by atoms with E-state index < -0.39 is 11.9 Å². The highest BCUT2D eigenvalue weighted by Gasteiger charge is 2.21. The van der Waals surface area contributed by atoms with Crippen LogP contribution in [0.25, 0.3) is 0 Å². The van der Waals surface area contributed by atoms with Crippen LogP contribution < -0.4 is 10.2 Å². The van der Waals surface area contributed by atoms with Gasteiger partial charge in [-0.15, -0.1) is 0 Å². The number of carbonyl (C=O) groups excluding carboxylic acids is 3. The van der Waals surface area contributed by atoms with Crippen molar-refractivity contribution in [1.29, 1.82) is 0 Å². The number of benzene rings is 1. The van der Waals surface area contributed by atoms with Gasteiger partial charge < -0.3 is 15.0 Å². The number of nitrogens with zero attached hydrogens (tertiary/aromatic N) is 1. The number of amides is 2. The Bertz CT molecular complexity index is 740. The summed E-state index contributed by atoms with van der Waals surface area (Å²) in [4.78, 5) is 36.9. The quantitative estimate of drug-likeness (QED) is 0.846. The second-order valence-electron chi connectivity index (χ2n) is 5.33. The third-order valence-corrected chi connectivity index (χ3v) is 4.31. The van der Waals surface area contributed by atoms with Crippen LogP contribution in [0.3, 0.4) is 0 Å². The maximum absolute atomic E-state index is 11.8. The molecule has 1 aromatic carbocycles. The molecule has 1 aliphatic rings. The van der Waals surface area contributed by atoms with E-state index in [1.807, 2.05) is 0 Å². The monoisotopic (exact) mass is 344 g/mol. The summed E-state index contributed by atoms with van der Waals surface area (Å²) in [5, 5.41) is 6.09. The molecule has 7 heteroatoms. The lowest BCUT2D eigenvalue weighted by atomic mass is 10.2. The van der Waals surface area contributed by atoms with E-state index in [1.165, 1.54) is 11.3 Å². The van der Waals surface area contributed by atoms with E-state index in [0.29, 0.717) is 17.7 Å². The fourth-order valence-electron chi connectivity index (χ4n) is 2.44. The molecule has 24 heavy (non-hydrogen) atoms. The van der Waals surface area contributed by atoms with E-state index in [4.69, 9.17) is 4.74 Å². The first-order valence-electron chi connectivity index (χ1n) is 7.53. The highest BCUT2D eigenvalue weighted by molar-refractivity contribution is 7.08. The Labute approximate surface area is 143 Å². The highest BCUT2D eigenvalue weighted by Crippen LogP contribution is 2.23. The Hall–Kier alpha value is -2.67. The van der Waals surface area contributed by atoms with Crippen molar-refractivity contribution in [3.63, 3.8) is 0 Å². The van der Waals surface area contributed by atoms with Crippen LogP contribution in [0.15, 0.2) is 41.1 Å². The van der Waals surface area contributed by atoms with Gasteiger partial charge in [-0.1, -0.05) is 0 Å². The van der Waals surface area contributed by atoms with Crippen LogP contribution in [0, 0.1) is 0 Å². The first-order chi connectivity index (χ1) is 11.6. The molecule has 3 rings (SSSR count). The van der Waals surface area contributed by atoms with Gasteiger partial charge in [0.25, 0.3) is 5.91 Å². The Balaban J connectivity index is 1.51. The van der Waals surface area contributed by atoms with Crippen LogP contribution in [0.2, 0.25) is 0 Å². The van der Waals surface area contributed by atoms with Gasteiger partial charge in [-0.3, -0.25) is 9.59 Å². The Morgan fingerprint density at radius 2 is 2.00 bits per heavy atom. The van der Waals surface area contributed by atoms with Gasteiger partial charge in [-0.25, -0.2) is 4.79 Å². The van der Waals surface area contributed by atoms with Crippen LogP contribution in [-0.4, -0.2) is 30.9 Å². The molecule has 6 nitrogen and oxygen atoms in total. The fraction of sp³-hybridized carbons (Fsp3) is 0.235. The second-order valence-corrected chi connectivity index (χ2v) is 6.11. The smallest absolute Gasteiger partial charge is 0.339 e. The number of rotatable bonds is 5. The summed E-state index contributed by atoms with van der Waals surface area (Å²) in [5.41, 5.74) is 1.84. The van der Waals surface area contributed by atoms with E-state index in [-0.39, 0.29) is 12.5 Å². The van der Waals surface area contributed by atoms with Crippen molar-refractivity contribution in [2.24, 2.45) is 0 Å². The molecule has 124 valence electrons. The van der Waals surface area contributed by atoms with Crippen LogP contribution in [0.1, 0.15) is 23.2 Å². The molecule has 2 amide bonds. The molecule has 1 aromatic heterocycles. The first-order valence-corrected chi connectivity index (χ1v) is 8.47. The van der Waals surface area contributed by atoms with Crippen molar-refractivity contribution in [2.45, 2.75) is 12.8 Å². The van der Waals surface area contributed by atoms with E-state index in [1.54, 1.807) is 46.0 Å². The first kappa shape index (κ1) is 16.2. The molecule has 0 unspecified atom stereocenters. The average molecular weight is 344 g/mol. The summed E-state index contributed by atoms with van der Waals surface area (Å²) in [6.07, 6.45) is 1.45. The average Bonchev–Trinajstić information content (AvgIpc) is 3.25. The maximum atomic E-state index is 11.8. The Morgan fingerprint density at radius 1 is 1.21 bits per heavy atom. The minimum Gasteiger partial charge on any atom is -0.452 e. The molecule has 0 atom stereocenters. The number of carbonyl (C=O) groups is 3. The maximum Gasteiger partial charge on any atom is 0.339 e. The molecule has 0 radical (unpaired) electrons. The lowest BCUT2D eigenvalue weighted by molar-refractivity contribution is -0.119. The number of anilines is 2. The molecule has 1 saturated heterocycles. The van der Waals surface area contributed by atoms with Crippen LogP contribution in [0.5, 0.6) is 0 Å². The summed E-state index contributed by atoms with van der Waals surface area (Å²) < 4.78 is 4.94. The van der Waals surface area contributed by atoms with Crippen molar-refractivity contribution in [1.82, 2.24) is 0 Å². The Kier molecular flexibility index (Phi) is 4.90. The van der Waals surface area contributed by atoms with Gasteiger partial charge in [0.1, 0.15) is 0 Å². The lowest BCUT2D eigenvalue weighted by Crippen LogP contribution is -2.23. The van der Waals surface area contributed by atoms with Crippen molar-refractivity contribution < 1.29 is 19.1 Å². The molecule has 1 aliphatic heterocycles. The van der Waals surface area contributed by atoms with Crippen LogP contribution >= 0.6 is 11.3 Å². The van der Waals surface area contributed by atoms with Crippen molar-refractivity contribution in [2.75, 3.05) is 23.4 Å².